The Morgan fingerprint density at radius 3 is 2.17 bits per heavy atom. The molecule has 0 aliphatic heterocycles. The van der Waals surface area contributed by atoms with Gasteiger partial charge in [0.05, 0.1) is 39.7 Å². The molecule has 13 heteroatoms. The summed E-state index contributed by atoms with van der Waals surface area (Å²) >= 11 is 11.5. The molecule has 2 aromatic carbocycles. The predicted octanol–water partition coefficient (Wildman–Crippen LogP) is 5.70. The first-order valence-corrected chi connectivity index (χ1v) is 12.2. The smallest absolute Gasteiger partial charge is 0.305 e. The van der Waals surface area contributed by atoms with E-state index in [0.717, 1.165) is 18.2 Å². The van der Waals surface area contributed by atoms with Crippen LogP contribution in [0, 0.1) is 0 Å². The van der Waals surface area contributed by atoms with Crippen molar-refractivity contribution in [1.29, 1.82) is 0 Å². The molecule has 0 aliphatic carbocycles. The van der Waals surface area contributed by atoms with Gasteiger partial charge in [0, 0.05) is 5.02 Å². The SMILES string of the molecule is CCOP(=O)(OCC)c1ccc(Cl)cc1NS(=O)(=O)c1ccc(Cl)c(C(F)(F)F)c1. The van der Waals surface area contributed by atoms with Crippen molar-refractivity contribution in [2.24, 2.45) is 0 Å². The first-order chi connectivity index (χ1) is 13.8. The molecular formula is C17H17Cl2F3NO5PS. The lowest BCUT2D eigenvalue weighted by Gasteiger charge is -2.21. The minimum absolute atomic E-state index is 0.00176. The van der Waals surface area contributed by atoms with Gasteiger partial charge in [0.25, 0.3) is 10.0 Å². The van der Waals surface area contributed by atoms with Crippen LogP contribution >= 0.6 is 30.8 Å². The Bertz CT molecular complexity index is 1070. The summed E-state index contributed by atoms with van der Waals surface area (Å²) in [7, 11) is -8.48. The molecule has 1 N–H and O–H groups in total. The molecule has 2 rings (SSSR count). The van der Waals surface area contributed by atoms with E-state index >= 15 is 0 Å². The van der Waals surface area contributed by atoms with Gasteiger partial charge >= 0.3 is 13.8 Å². The zero-order chi connectivity index (χ0) is 22.7. The Morgan fingerprint density at radius 1 is 1.03 bits per heavy atom. The first-order valence-electron chi connectivity index (χ1n) is 8.43. The number of hydrogen-bond donors (Lipinski definition) is 1. The molecule has 0 spiro atoms. The Labute approximate surface area is 181 Å². The molecule has 0 radical (unpaired) electrons. The van der Waals surface area contributed by atoms with Crippen LogP contribution in [0.5, 0.6) is 0 Å². The molecule has 0 saturated carbocycles. The van der Waals surface area contributed by atoms with E-state index in [1.54, 1.807) is 13.8 Å². The number of hydrogen-bond acceptors (Lipinski definition) is 5. The molecule has 2 aromatic rings. The summed E-state index contributed by atoms with van der Waals surface area (Å²) in [5.41, 5.74) is -1.57. The monoisotopic (exact) mass is 505 g/mol. The van der Waals surface area contributed by atoms with Crippen LogP contribution in [0.2, 0.25) is 10.0 Å². The summed E-state index contributed by atoms with van der Waals surface area (Å²) in [4.78, 5) is -0.701. The fourth-order valence-electron chi connectivity index (χ4n) is 2.44. The van der Waals surface area contributed by atoms with Crippen LogP contribution in [-0.4, -0.2) is 21.6 Å². The van der Waals surface area contributed by atoms with Crippen LogP contribution in [-0.2, 0) is 29.8 Å². The van der Waals surface area contributed by atoms with Gasteiger partial charge in [-0.25, -0.2) is 8.42 Å². The summed E-state index contributed by atoms with van der Waals surface area (Å²) in [5, 5.41) is -0.700. The number of rotatable bonds is 8. The van der Waals surface area contributed by atoms with Crippen LogP contribution in [0.1, 0.15) is 19.4 Å². The predicted molar refractivity (Wildman–Crippen MR) is 109 cm³/mol. The van der Waals surface area contributed by atoms with Gasteiger partial charge < -0.3 is 9.05 Å². The molecule has 0 aromatic heterocycles. The zero-order valence-electron chi connectivity index (χ0n) is 15.7. The first kappa shape index (κ1) is 25.0. The molecule has 0 unspecified atom stereocenters. The van der Waals surface area contributed by atoms with E-state index in [-0.39, 0.29) is 29.2 Å². The maximum atomic E-state index is 13.1. The number of halogens is 5. The van der Waals surface area contributed by atoms with Crippen LogP contribution in [0.3, 0.4) is 0 Å². The van der Waals surface area contributed by atoms with E-state index in [0.29, 0.717) is 6.07 Å². The van der Waals surface area contributed by atoms with Crippen LogP contribution < -0.4 is 10.0 Å². The number of benzene rings is 2. The zero-order valence-corrected chi connectivity index (χ0v) is 18.9. The quantitative estimate of drug-likeness (QED) is 0.465. The van der Waals surface area contributed by atoms with Gasteiger partial charge in [-0.2, -0.15) is 13.2 Å². The Morgan fingerprint density at radius 2 is 1.63 bits per heavy atom. The number of anilines is 1. The molecule has 0 bridgehead atoms. The molecule has 0 aliphatic rings. The normalized spacial score (nSPS) is 12.8. The van der Waals surface area contributed by atoms with Crippen molar-refractivity contribution in [2.75, 3.05) is 17.9 Å². The molecule has 166 valence electrons. The van der Waals surface area contributed by atoms with Gasteiger partial charge in [-0.1, -0.05) is 23.2 Å². The third-order valence-corrected chi connectivity index (χ3v) is 7.75. The standard InChI is InChI=1S/C17H17Cl2F3NO5PS/c1-3-27-29(24,28-4-2)16-8-5-11(18)9-15(16)23-30(25,26)12-6-7-14(19)13(10-12)17(20,21)22/h5-10,23H,3-4H2,1-2H3. The Balaban J connectivity index is 2.57. The highest BCUT2D eigenvalue weighted by Crippen LogP contribution is 2.49. The van der Waals surface area contributed by atoms with E-state index in [1.165, 1.54) is 12.1 Å². The van der Waals surface area contributed by atoms with Crippen molar-refractivity contribution in [3.8, 4) is 0 Å². The lowest BCUT2D eigenvalue weighted by molar-refractivity contribution is -0.137. The minimum atomic E-state index is -4.86. The molecule has 0 fully saturated rings. The van der Waals surface area contributed by atoms with Crippen molar-refractivity contribution in [2.45, 2.75) is 24.9 Å². The molecule has 0 heterocycles. The third-order valence-electron chi connectivity index (χ3n) is 3.65. The fourth-order valence-corrected chi connectivity index (χ4v) is 5.71. The summed E-state index contributed by atoms with van der Waals surface area (Å²) < 4.78 is 90.5. The van der Waals surface area contributed by atoms with Crippen LogP contribution in [0.25, 0.3) is 0 Å². The molecule has 30 heavy (non-hydrogen) atoms. The highest BCUT2D eigenvalue weighted by atomic mass is 35.5. The second-order valence-electron chi connectivity index (χ2n) is 5.74. The molecule has 0 saturated heterocycles. The van der Waals surface area contributed by atoms with Crippen molar-refractivity contribution < 1.29 is 35.2 Å². The van der Waals surface area contributed by atoms with Gasteiger partial charge in [-0.3, -0.25) is 9.29 Å². The highest BCUT2D eigenvalue weighted by molar-refractivity contribution is 7.92. The van der Waals surface area contributed by atoms with E-state index in [2.05, 4.69) is 4.72 Å². The topological polar surface area (TPSA) is 81.7 Å². The summed E-state index contributed by atoms with van der Waals surface area (Å²) in [6.07, 6.45) is -4.86. The summed E-state index contributed by atoms with van der Waals surface area (Å²) in [6, 6.07) is 5.90. The molecule has 6 nitrogen and oxygen atoms in total. The second kappa shape index (κ2) is 9.46. The lowest BCUT2D eigenvalue weighted by atomic mass is 10.2. The lowest BCUT2D eigenvalue weighted by Crippen LogP contribution is -2.21. The van der Waals surface area contributed by atoms with Crippen molar-refractivity contribution >= 4 is 51.8 Å². The van der Waals surface area contributed by atoms with E-state index in [4.69, 9.17) is 32.2 Å². The van der Waals surface area contributed by atoms with E-state index in [9.17, 15) is 26.2 Å². The van der Waals surface area contributed by atoms with Crippen molar-refractivity contribution in [1.82, 2.24) is 0 Å². The minimum Gasteiger partial charge on any atom is -0.305 e. The molecule has 0 amide bonds. The fraction of sp³-hybridized carbons (Fsp3) is 0.294. The third kappa shape index (κ3) is 5.69. The highest BCUT2D eigenvalue weighted by Gasteiger charge is 2.35. The number of alkyl halides is 3. The number of nitrogens with one attached hydrogen (secondary N) is 1. The van der Waals surface area contributed by atoms with E-state index in [1.807, 2.05) is 0 Å². The van der Waals surface area contributed by atoms with E-state index < -0.39 is 39.3 Å². The van der Waals surface area contributed by atoms with Gasteiger partial charge in [0.2, 0.25) is 0 Å². The summed E-state index contributed by atoms with van der Waals surface area (Å²) in [6.45, 7) is 3.13. The van der Waals surface area contributed by atoms with Gasteiger partial charge in [0.15, 0.2) is 0 Å². The van der Waals surface area contributed by atoms with Gasteiger partial charge in [-0.15, -0.1) is 0 Å². The Kier molecular flexibility index (Phi) is 7.88. The van der Waals surface area contributed by atoms with Gasteiger partial charge in [0.1, 0.15) is 0 Å². The number of sulfonamides is 1. The van der Waals surface area contributed by atoms with Crippen molar-refractivity contribution in [3.63, 3.8) is 0 Å². The van der Waals surface area contributed by atoms with Crippen LogP contribution in [0.15, 0.2) is 41.3 Å². The molecular weight excluding hydrogens is 489 g/mol. The summed E-state index contributed by atoms with van der Waals surface area (Å²) in [5.74, 6) is 0. The average Bonchev–Trinajstić information content (AvgIpc) is 2.61. The maximum absolute atomic E-state index is 13.1. The Hall–Kier alpha value is -1.29. The molecule has 0 atom stereocenters. The van der Waals surface area contributed by atoms with Crippen LogP contribution in [0.4, 0.5) is 18.9 Å². The second-order valence-corrected chi connectivity index (χ2v) is 10.3. The van der Waals surface area contributed by atoms with Crippen molar-refractivity contribution in [3.05, 3.63) is 52.0 Å². The van der Waals surface area contributed by atoms with Gasteiger partial charge in [-0.05, 0) is 50.2 Å². The average molecular weight is 506 g/mol. The maximum Gasteiger partial charge on any atom is 0.417 e. The largest absolute Gasteiger partial charge is 0.417 e.